The van der Waals surface area contributed by atoms with Crippen LogP contribution < -0.4 is 15.5 Å². The molecule has 146 valence electrons. The molecule has 0 fully saturated rings. The zero-order valence-electron chi connectivity index (χ0n) is 15.3. The topological polar surface area (TPSA) is 126 Å². The van der Waals surface area contributed by atoms with Crippen molar-refractivity contribution in [2.24, 2.45) is 0 Å². The van der Waals surface area contributed by atoms with Crippen LogP contribution in [-0.2, 0) is 4.79 Å². The molecule has 2 aromatic heterocycles. The van der Waals surface area contributed by atoms with Gasteiger partial charge in [0.15, 0.2) is 5.65 Å². The van der Waals surface area contributed by atoms with Gasteiger partial charge in [0.25, 0.3) is 5.91 Å². The summed E-state index contributed by atoms with van der Waals surface area (Å²) in [7, 11) is 0. The molecule has 29 heavy (non-hydrogen) atoms. The first-order chi connectivity index (χ1) is 14.0. The first-order valence-electron chi connectivity index (χ1n) is 8.71. The number of aromatic amines is 1. The maximum absolute atomic E-state index is 12.6. The van der Waals surface area contributed by atoms with Gasteiger partial charge in [-0.05, 0) is 23.9 Å². The van der Waals surface area contributed by atoms with Crippen LogP contribution in [0.15, 0.2) is 53.6 Å². The number of aromatic nitrogens is 3. The van der Waals surface area contributed by atoms with Gasteiger partial charge in [0.05, 0.1) is 0 Å². The van der Waals surface area contributed by atoms with Crippen LogP contribution >= 0.6 is 0 Å². The number of carboxylic acids is 1. The van der Waals surface area contributed by atoms with Gasteiger partial charge in [-0.3, -0.25) is 19.5 Å². The van der Waals surface area contributed by atoms with E-state index in [1.807, 2.05) is 37.3 Å². The van der Waals surface area contributed by atoms with Crippen molar-refractivity contribution in [2.75, 3.05) is 6.54 Å². The Morgan fingerprint density at radius 3 is 2.76 bits per heavy atom. The van der Waals surface area contributed by atoms with Crippen LogP contribution in [0.2, 0.25) is 0 Å². The van der Waals surface area contributed by atoms with Crippen LogP contribution in [0.3, 0.4) is 0 Å². The molecule has 0 aliphatic heterocycles. The molecule has 0 unspecified atom stereocenters. The van der Waals surface area contributed by atoms with E-state index in [4.69, 9.17) is 9.84 Å². The van der Waals surface area contributed by atoms with Gasteiger partial charge in [0.1, 0.15) is 24.2 Å². The number of H-pyrrole nitrogens is 1. The highest BCUT2D eigenvalue weighted by molar-refractivity contribution is 6.01. The highest BCUT2D eigenvalue weighted by Crippen LogP contribution is 2.31. The fourth-order valence-electron chi connectivity index (χ4n) is 3.14. The summed E-state index contributed by atoms with van der Waals surface area (Å²) in [6.45, 7) is 1.39. The van der Waals surface area contributed by atoms with Crippen molar-refractivity contribution < 1.29 is 19.4 Å². The van der Waals surface area contributed by atoms with E-state index in [1.54, 1.807) is 6.07 Å². The van der Waals surface area contributed by atoms with Crippen molar-refractivity contribution in [3.63, 3.8) is 0 Å². The van der Waals surface area contributed by atoms with Gasteiger partial charge >= 0.3 is 5.97 Å². The normalized spacial score (nSPS) is 10.9. The molecule has 3 N–H and O–H groups in total. The number of rotatable bonds is 5. The van der Waals surface area contributed by atoms with Gasteiger partial charge in [-0.1, -0.05) is 30.3 Å². The van der Waals surface area contributed by atoms with Crippen molar-refractivity contribution in [2.45, 2.75) is 6.92 Å². The zero-order chi connectivity index (χ0) is 20.5. The Balaban J connectivity index is 1.79. The Kier molecular flexibility index (Phi) is 4.47. The van der Waals surface area contributed by atoms with Crippen LogP contribution in [0, 0.1) is 6.92 Å². The molecule has 0 atom stereocenters. The maximum atomic E-state index is 12.6. The summed E-state index contributed by atoms with van der Waals surface area (Å²) in [5.41, 5.74) is 0.217. The minimum atomic E-state index is -1.22. The second-order valence-corrected chi connectivity index (χ2v) is 6.37. The van der Waals surface area contributed by atoms with Crippen LogP contribution in [0.25, 0.3) is 16.4 Å². The molecule has 2 heterocycles. The van der Waals surface area contributed by atoms with Crippen LogP contribution in [0.1, 0.15) is 15.9 Å². The first-order valence-corrected chi connectivity index (χ1v) is 8.71. The highest BCUT2D eigenvalue weighted by atomic mass is 16.5. The third kappa shape index (κ3) is 3.29. The molecule has 2 aromatic carbocycles. The van der Waals surface area contributed by atoms with Crippen LogP contribution in [-0.4, -0.2) is 38.1 Å². The summed E-state index contributed by atoms with van der Waals surface area (Å²) in [5.74, 6) is -1.36. The molecule has 0 saturated heterocycles. The number of hydrogen-bond donors (Lipinski definition) is 3. The number of aryl methyl sites for hydroxylation is 1. The average Bonchev–Trinajstić information content (AvgIpc) is 3.17. The lowest BCUT2D eigenvalue weighted by Crippen LogP contribution is -2.33. The number of ether oxygens (including phenoxy) is 1. The fourth-order valence-corrected chi connectivity index (χ4v) is 3.14. The molecule has 4 aromatic rings. The van der Waals surface area contributed by atoms with Gasteiger partial charge in [0.2, 0.25) is 11.3 Å². The molecule has 0 radical (unpaired) electrons. The van der Waals surface area contributed by atoms with E-state index in [-0.39, 0.29) is 17.1 Å². The van der Waals surface area contributed by atoms with E-state index >= 15 is 0 Å². The lowest BCUT2D eigenvalue weighted by atomic mass is 10.1. The number of pyridine rings is 1. The Hall–Kier alpha value is -4.14. The summed E-state index contributed by atoms with van der Waals surface area (Å²) in [6, 6.07) is 12.6. The number of nitrogens with one attached hydrogen (secondary N) is 2. The molecule has 9 heteroatoms. The molecular formula is C20H16N4O5. The maximum Gasteiger partial charge on any atom is 0.322 e. The zero-order valence-corrected chi connectivity index (χ0v) is 15.3. The van der Waals surface area contributed by atoms with Gasteiger partial charge < -0.3 is 15.2 Å². The number of amides is 1. The fraction of sp³-hybridized carbons (Fsp3) is 0.100. The van der Waals surface area contributed by atoms with Crippen molar-refractivity contribution >= 4 is 28.3 Å². The monoisotopic (exact) mass is 392 g/mol. The largest absolute Gasteiger partial charge is 0.480 e. The Morgan fingerprint density at radius 1 is 1.21 bits per heavy atom. The predicted octanol–water partition coefficient (Wildman–Crippen LogP) is 2.09. The lowest BCUT2D eigenvalue weighted by molar-refractivity contribution is -0.135. The standard InChI is InChI=1S/C20H16N4O5/c1-11-4-2-6-13-12(11)5-3-7-15(13)29-16-8-14(25)18(19-22-10-23-24(16)19)20(28)21-9-17(26)27/h2-8,10H,9H2,1H3,(H,21,28)(H,22,23)(H,26,27). The number of hydrogen-bond acceptors (Lipinski definition) is 5. The third-order valence-electron chi connectivity index (χ3n) is 4.47. The first kappa shape index (κ1) is 18.2. The highest BCUT2D eigenvalue weighted by Gasteiger charge is 2.20. The van der Waals surface area contributed by atoms with E-state index in [9.17, 15) is 14.4 Å². The molecule has 0 aliphatic carbocycles. The molecule has 1 amide bonds. The molecular weight excluding hydrogens is 376 g/mol. The quantitative estimate of drug-likeness (QED) is 0.477. The van der Waals surface area contributed by atoms with Crippen LogP contribution in [0.5, 0.6) is 11.6 Å². The predicted molar refractivity (Wildman–Crippen MR) is 105 cm³/mol. The molecule has 4 rings (SSSR count). The van der Waals surface area contributed by atoms with E-state index < -0.39 is 23.9 Å². The Bertz CT molecular complexity index is 1320. The smallest absolute Gasteiger partial charge is 0.322 e. The van der Waals surface area contributed by atoms with Crippen molar-refractivity contribution in [3.8, 4) is 11.6 Å². The van der Waals surface area contributed by atoms with Gasteiger partial charge in [-0.25, -0.2) is 9.50 Å². The van der Waals surface area contributed by atoms with Crippen molar-refractivity contribution in [3.05, 3.63) is 70.1 Å². The molecule has 0 spiro atoms. The minimum absolute atomic E-state index is 0.0341. The van der Waals surface area contributed by atoms with E-state index in [2.05, 4.69) is 15.4 Å². The number of carbonyl (C=O) groups excluding carboxylic acids is 1. The molecule has 9 nitrogen and oxygen atoms in total. The number of aliphatic carboxylic acids is 1. The minimum Gasteiger partial charge on any atom is -0.480 e. The van der Waals surface area contributed by atoms with E-state index in [1.165, 1.54) is 10.8 Å². The summed E-state index contributed by atoms with van der Waals surface area (Å²) in [6.07, 6.45) is 1.31. The second-order valence-electron chi connectivity index (χ2n) is 6.37. The average molecular weight is 392 g/mol. The van der Waals surface area contributed by atoms with Gasteiger partial charge in [-0.2, -0.15) is 0 Å². The number of carboxylic acid groups (broad SMARTS) is 1. The van der Waals surface area contributed by atoms with Gasteiger partial charge in [0, 0.05) is 11.5 Å². The summed E-state index contributed by atoms with van der Waals surface area (Å²) >= 11 is 0. The number of benzene rings is 2. The summed E-state index contributed by atoms with van der Waals surface area (Å²) in [5, 5.41) is 15.6. The Morgan fingerprint density at radius 2 is 1.97 bits per heavy atom. The number of fused-ring (bicyclic) bond motifs is 2. The second kappa shape index (κ2) is 7.12. The number of carbonyl (C=O) groups is 2. The van der Waals surface area contributed by atoms with Crippen molar-refractivity contribution in [1.82, 2.24) is 19.9 Å². The molecule has 0 bridgehead atoms. The number of nitrogens with zero attached hydrogens (tertiary/aromatic N) is 2. The lowest BCUT2D eigenvalue weighted by Gasteiger charge is -2.12. The van der Waals surface area contributed by atoms with Gasteiger partial charge in [-0.15, -0.1) is 0 Å². The van der Waals surface area contributed by atoms with E-state index in [0.29, 0.717) is 5.75 Å². The SMILES string of the molecule is Cc1cccc2c(Oc3cc(=O)c(C(=O)NCC(=O)O)c4nc[nH]n34)cccc12. The summed E-state index contributed by atoms with van der Waals surface area (Å²) < 4.78 is 7.35. The summed E-state index contributed by atoms with van der Waals surface area (Å²) in [4.78, 5) is 39.6. The molecule has 0 aliphatic rings. The van der Waals surface area contributed by atoms with Crippen molar-refractivity contribution in [1.29, 1.82) is 0 Å². The third-order valence-corrected chi connectivity index (χ3v) is 4.47. The van der Waals surface area contributed by atoms with Crippen LogP contribution in [0.4, 0.5) is 0 Å². The molecule has 0 saturated carbocycles. The Labute approximate surface area is 163 Å². The van der Waals surface area contributed by atoms with E-state index in [0.717, 1.165) is 22.4 Å².